The van der Waals surface area contributed by atoms with Crippen molar-refractivity contribution in [1.29, 1.82) is 0 Å². The number of carboxylic acids is 1. The van der Waals surface area contributed by atoms with Crippen molar-refractivity contribution in [2.75, 3.05) is 7.11 Å². The van der Waals surface area contributed by atoms with E-state index in [2.05, 4.69) is 15.9 Å². The zero-order valence-electron chi connectivity index (χ0n) is 10.8. The predicted octanol–water partition coefficient (Wildman–Crippen LogP) is 4.09. The highest BCUT2D eigenvalue weighted by Crippen LogP contribution is 2.28. The van der Waals surface area contributed by atoms with Crippen LogP contribution in [0.1, 0.15) is 15.9 Å². The Hall–Kier alpha value is -1.85. The van der Waals surface area contributed by atoms with Crippen molar-refractivity contribution in [2.45, 2.75) is 6.61 Å². The van der Waals surface area contributed by atoms with E-state index in [1.54, 1.807) is 25.3 Å². The molecule has 4 nitrogen and oxygen atoms in total. The topological polar surface area (TPSA) is 55.8 Å². The molecule has 0 fully saturated rings. The number of carbonyl (C=O) groups is 1. The van der Waals surface area contributed by atoms with Gasteiger partial charge in [0.15, 0.2) is 0 Å². The molecular weight excluding hydrogens is 324 g/mol. The third-order valence-corrected chi connectivity index (χ3v) is 3.10. The number of rotatable bonds is 5. The van der Waals surface area contributed by atoms with Crippen molar-refractivity contribution in [3.05, 3.63) is 58.1 Å². The molecule has 0 aliphatic heterocycles. The van der Waals surface area contributed by atoms with E-state index in [0.717, 1.165) is 5.56 Å². The van der Waals surface area contributed by atoms with Gasteiger partial charge in [0.2, 0.25) is 0 Å². The summed E-state index contributed by atoms with van der Waals surface area (Å²) in [5.41, 5.74) is 1.07. The zero-order chi connectivity index (χ0) is 14.5. The molecule has 0 atom stereocenters. The maximum Gasteiger partial charge on any atom is 0.339 e. The monoisotopic (exact) mass is 336 g/mol. The van der Waals surface area contributed by atoms with Crippen LogP contribution < -0.4 is 4.74 Å². The molecule has 0 spiro atoms. The summed E-state index contributed by atoms with van der Waals surface area (Å²) in [5, 5.41) is 9.19. The number of benzene rings is 2. The minimum Gasteiger partial charge on any atom is -0.478 e. The fraction of sp³-hybridized carbons (Fsp3) is 0.133. The van der Waals surface area contributed by atoms with Crippen molar-refractivity contribution in [1.82, 2.24) is 0 Å². The van der Waals surface area contributed by atoms with Crippen molar-refractivity contribution in [3.63, 3.8) is 0 Å². The average Bonchev–Trinajstić information content (AvgIpc) is 2.41. The summed E-state index contributed by atoms with van der Waals surface area (Å²) in [6.07, 6.45) is 0. The molecule has 0 aromatic heterocycles. The van der Waals surface area contributed by atoms with E-state index in [0.29, 0.717) is 22.6 Å². The molecule has 0 unspecified atom stereocenters. The van der Waals surface area contributed by atoms with Gasteiger partial charge >= 0.3 is 5.97 Å². The van der Waals surface area contributed by atoms with E-state index >= 15 is 0 Å². The molecule has 0 heterocycles. The summed E-state index contributed by atoms with van der Waals surface area (Å²) < 4.78 is 11.4. The normalized spacial score (nSPS) is 10.3. The highest BCUT2D eigenvalue weighted by Gasteiger charge is 2.12. The summed E-state index contributed by atoms with van der Waals surface area (Å²) in [6, 6.07) is 12.2. The van der Waals surface area contributed by atoms with Gasteiger partial charge < -0.3 is 14.6 Å². The van der Waals surface area contributed by atoms with Crippen LogP contribution in [0.25, 0.3) is 0 Å². The van der Waals surface area contributed by atoms with Crippen LogP contribution in [0, 0.1) is 0 Å². The van der Waals surface area contributed by atoms with Gasteiger partial charge in [-0.15, -0.1) is 0 Å². The van der Waals surface area contributed by atoms with Crippen LogP contribution in [0.4, 0.5) is 0 Å². The largest absolute Gasteiger partial charge is 0.478 e. The molecule has 20 heavy (non-hydrogen) atoms. The molecular formula is C15H13BrO4. The number of hydrogen-bond acceptors (Lipinski definition) is 3. The van der Waals surface area contributed by atoms with Gasteiger partial charge in [-0.25, -0.2) is 4.79 Å². The van der Waals surface area contributed by atoms with E-state index < -0.39 is 5.97 Å². The number of methoxy groups -OCH3 is 1. The molecule has 2 rings (SSSR count). The summed E-state index contributed by atoms with van der Waals surface area (Å²) in [7, 11) is 1.62. The molecule has 2 aromatic rings. The zero-order valence-corrected chi connectivity index (χ0v) is 12.4. The predicted molar refractivity (Wildman–Crippen MR) is 78.3 cm³/mol. The summed E-state index contributed by atoms with van der Waals surface area (Å²) in [6.45, 7) is 0.476. The number of ether oxygens (including phenoxy) is 2. The fourth-order valence-electron chi connectivity index (χ4n) is 1.75. The highest BCUT2D eigenvalue weighted by molar-refractivity contribution is 9.10. The van der Waals surface area contributed by atoms with Crippen molar-refractivity contribution >= 4 is 21.9 Å². The number of halogens is 1. The van der Waals surface area contributed by atoms with Crippen LogP contribution in [-0.2, 0) is 11.3 Å². The van der Waals surface area contributed by atoms with Crippen LogP contribution in [-0.4, -0.2) is 18.2 Å². The van der Waals surface area contributed by atoms with E-state index in [9.17, 15) is 9.90 Å². The molecule has 0 aliphatic rings. The lowest BCUT2D eigenvalue weighted by Crippen LogP contribution is -2.00. The minimum absolute atomic E-state index is 0.108. The van der Waals surface area contributed by atoms with Gasteiger partial charge in [0.1, 0.15) is 17.1 Å². The number of hydrogen-bond donors (Lipinski definition) is 1. The Kier molecular flexibility index (Phi) is 4.76. The van der Waals surface area contributed by atoms with Gasteiger partial charge in [0.25, 0.3) is 0 Å². The second kappa shape index (κ2) is 6.54. The first-order valence-corrected chi connectivity index (χ1v) is 6.68. The SMILES string of the molecule is COCc1cccc(Oc2ccc(Br)cc2C(=O)O)c1. The third-order valence-electron chi connectivity index (χ3n) is 2.61. The van der Waals surface area contributed by atoms with Crippen LogP contribution in [0.5, 0.6) is 11.5 Å². The quantitative estimate of drug-likeness (QED) is 0.893. The molecule has 0 saturated heterocycles. The lowest BCUT2D eigenvalue weighted by molar-refractivity contribution is 0.0694. The Morgan fingerprint density at radius 1 is 1.25 bits per heavy atom. The van der Waals surface area contributed by atoms with E-state index in [-0.39, 0.29) is 5.56 Å². The summed E-state index contributed by atoms with van der Waals surface area (Å²) >= 11 is 3.25. The maximum absolute atomic E-state index is 11.2. The molecule has 2 aromatic carbocycles. The second-order valence-corrected chi connectivity index (χ2v) is 5.04. The van der Waals surface area contributed by atoms with Crippen molar-refractivity contribution in [3.8, 4) is 11.5 Å². The molecule has 0 radical (unpaired) electrons. The Morgan fingerprint density at radius 2 is 2.05 bits per heavy atom. The molecule has 0 saturated carbocycles. The first kappa shape index (κ1) is 14.6. The lowest BCUT2D eigenvalue weighted by atomic mass is 10.2. The smallest absolute Gasteiger partial charge is 0.339 e. The molecule has 104 valence electrons. The van der Waals surface area contributed by atoms with Crippen molar-refractivity contribution in [2.24, 2.45) is 0 Å². The van der Waals surface area contributed by atoms with Crippen LogP contribution >= 0.6 is 15.9 Å². The first-order valence-electron chi connectivity index (χ1n) is 5.88. The number of carboxylic acid groups (broad SMARTS) is 1. The van der Waals surface area contributed by atoms with E-state index in [4.69, 9.17) is 9.47 Å². The Labute approximate surface area is 125 Å². The molecule has 1 N–H and O–H groups in total. The molecule has 0 bridgehead atoms. The number of aromatic carboxylic acids is 1. The van der Waals surface area contributed by atoms with Gasteiger partial charge in [-0.3, -0.25) is 0 Å². The average molecular weight is 337 g/mol. The van der Waals surface area contributed by atoms with Gasteiger partial charge in [-0.2, -0.15) is 0 Å². The summed E-state index contributed by atoms with van der Waals surface area (Å²) in [4.78, 5) is 11.2. The van der Waals surface area contributed by atoms with Crippen LogP contribution in [0.2, 0.25) is 0 Å². The van der Waals surface area contributed by atoms with E-state index in [1.165, 1.54) is 6.07 Å². The van der Waals surface area contributed by atoms with Gasteiger partial charge in [-0.1, -0.05) is 28.1 Å². The fourth-order valence-corrected chi connectivity index (χ4v) is 2.11. The molecule has 5 heteroatoms. The van der Waals surface area contributed by atoms with Crippen molar-refractivity contribution < 1.29 is 19.4 Å². The molecule has 0 amide bonds. The summed E-state index contributed by atoms with van der Waals surface area (Å²) in [5.74, 6) is -0.158. The highest BCUT2D eigenvalue weighted by atomic mass is 79.9. The molecule has 0 aliphatic carbocycles. The van der Waals surface area contributed by atoms with Gasteiger partial charge in [0, 0.05) is 11.6 Å². The van der Waals surface area contributed by atoms with Gasteiger partial charge in [0.05, 0.1) is 6.61 Å². The second-order valence-electron chi connectivity index (χ2n) is 4.13. The Bertz CT molecular complexity index is 625. The Balaban J connectivity index is 2.30. The van der Waals surface area contributed by atoms with E-state index in [1.807, 2.05) is 18.2 Å². The Morgan fingerprint density at radius 3 is 2.75 bits per heavy atom. The lowest BCUT2D eigenvalue weighted by Gasteiger charge is -2.10. The first-order chi connectivity index (χ1) is 9.60. The minimum atomic E-state index is -1.03. The standard InChI is InChI=1S/C15H13BrO4/c1-19-9-10-3-2-4-12(7-10)20-14-6-5-11(16)8-13(14)15(17)18/h2-8H,9H2,1H3,(H,17,18). The maximum atomic E-state index is 11.2. The van der Waals surface area contributed by atoms with Gasteiger partial charge in [-0.05, 0) is 35.9 Å². The van der Waals surface area contributed by atoms with Crippen LogP contribution in [0.3, 0.4) is 0 Å². The third kappa shape index (κ3) is 3.59. The van der Waals surface area contributed by atoms with Crippen LogP contribution in [0.15, 0.2) is 46.9 Å².